The second-order valence-electron chi connectivity index (χ2n) is 8.03. The van der Waals surface area contributed by atoms with Crippen molar-refractivity contribution in [3.05, 3.63) is 71.4 Å². The van der Waals surface area contributed by atoms with Gasteiger partial charge in [-0.25, -0.2) is 13.6 Å². The molecule has 2 aromatic carbocycles. The zero-order valence-electron chi connectivity index (χ0n) is 18.6. The Morgan fingerprint density at radius 3 is 2.26 bits per heavy atom. The lowest BCUT2D eigenvalue weighted by atomic mass is 9.98. The number of rotatable bonds is 8. The van der Waals surface area contributed by atoms with Crippen molar-refractivity contribution in [3.8, 4) is 11.1 Å². The number of carbonyl (C=O) groups is 3. The quantitative estimate of drug-likeness (QED) is 0.449. The predicted octanol–water partition coefficient (Wildman–Crippen LogP) is 3.62. The van der Waals surface area contributed by atoms with Crippen molar-refractivity contribution in [2.24, 2.45) is 7.05 Å². The van der Waals surface area contributed by atoms with Gasteiger partial charge in [0, 0.05) is 19.2 Å². The van der Waals surface area contributed by atoms with E-state index in [0.29, 0.717) is 0 Å². The molecule has 0 aliphatic heterocycles. The highest BCUT2D eigenvalue weighted by Crippen LogP contribution is 2.44. The average molecular weight is 484 g/mol. The fourth-order valence-corrected chi connectivity index (χ4v) is 4.12. The Morgan fingerprint density at radius 2 is 1.69 bits per heavy atom. The number of anilines is 1. The normalized spacial score (nSPS) is 13.1. The molecule has 0 spiro atoms. The second-order valence-corrected chi connectivity index (χ2v) is 8.03. The summed E-state index contributed by atoms with van der Waals surface area (Å²) in [6.07, 6.45) is -3.71. The van der Waals surface area contributed by atoms with E-state index >= 15 is 0 Å². The molecule has 35 heavy (non-hydrogen) atoms. The first kappa shape index (κ1) is 23.9. The van der Waals surface area contributed by atoms with E-state index in [4.69, 9.17) is 9.84 Å². The molecular formula is C24H22F2N4O5. The molecule has 1 heterocycles. The molecule has 182 valence electrons. The largest absolute Gasteiger partial charge is 0.481 e. The number of amides is 2. The monoisotopic (exact) mass is 484 g/mol. The number of nitrogens with zero attached hydrogens (tertiary/aromatic N) is 2. The number of nitrogens with one attached hydrogen (secondary N) is 2. The van der Waals surface area contributed by atoms with Crippen LogP contribution in [0.5, 0.6) is 0 Å². The molecular weight excluding hydrogens is 462 g/mol. The van der Waals surface area contributed by atoms with E-state index in [9.17, 15) is 23.2 Å². The van der Waals surface area contributed by atoms with Gasteiger partial charge in [-0.2, -0.15) is 5.10 Å². The van der Waals surface area contributed by atoms with E-state index in [0.717, 1.165) is 22.3 Å². The van der Waals surface area contributed by atoms with Crippen molar-refractivity contribution in [2.45, 2.75) is 24.8 Å². The molecule has 1 unspecified atom stereocenters. The number of carboxylic acids is 1. The molecule has 3 N–H and O–H groups in total. The number of aryl methyl sites for hydroxylation is 1. The summed E-state index contributed by atoms with van der Waals surface area (Å²) >= 11 is 0. The average Bonchev–Trinajstić information content (AvgIpc) is 3.34. The first-order valence-corrected chi connectivity index (χ1v) is 10.7. The molecule has 0 bridgehead atoms. The van der Waals surface area contributed by atoms with E-state index in [1.54, 1.807) is 0 Å². The zero-order valence-corrected chi connectivity index (χ0v) is 18.6. The number of ether oxygens (including phenoxy) is 1. The summed E-state index contributed by atoms with van der Waals surface area (Å²) in [6, 6.07) is 13.7. The molecule has 4 rings (SSSR count). The Kier molecular flexibility index (Phi) is 6.76. The standard InChI is InChI=1S/C24H22F2N4O5/c1-30-11-17(23(33)27-19(21(25)26)10-20(31)32)22(29-30)28-24(34)35-12-18-15-8-4-2-6-13(15)14-7-3-5-9-16(14)18/h2-9,11,18-19,21H,10,12H2,1H3,(H,27,33)(H,31,32)(H,28,29,34). The van der Waals surface area contributed by atoms with Crippen LogP contribution in [-0.2, 0) is 16.6 Å². The maximum atomic E-state index is 13.1. The summed E-state index contributed by atoms with van der Waals surface area (Å²) in [6.45, 7) is 0.0281. The third-order valence-electron chi connectivity index (χ3n) is 5.65. The van der Waals surface area contributed by atoms with Crippen LogP contribution < -0.4 is 10.6 Å². The van der Waals surface area contributed by atoms with Gasteiger partial charge in [0.05, 0.1) is 6.42 Å². The van der Waals surface area contributed by atoms with Crippen LogP contribution in [0.4, 0.5) is 19.4 Å². The van der Waals surface area contributed by atoms with Gasteiger partial charge in [0.1, 0.15) is 18.2 Å². The number of carbonyl (C=O) groups excluding carboxylic acids is 2. The molecule has 0 saturated carbocycles. The molecule has 2 amide bonds. The molecule has 1 aliphatic carbocycles. The van der Waals surface area contributed by atoms with E-state index in [2.05, 4.69) is 10.4 Å². The molecule has 0 radical (unpaired) electrons. The fraction of sp³-hybridized carbons (Fsp3) is 0.250. The highest BCUT2D eigenvalue weighted by molar-refractivity contribution is 6.01. The van der Waals surface area contributed by atoms with Gasteiger partial charge in [0.2, 0.25) is 0 Å². The fourth-order valence-electron chi connectivity index (χ4n) is 4.12. The van der Waals surface area contributed by atoms with Gasteiger partial charge in [-0.1, -0.05) is 48.5 Å². The van der Waals surface area contributed by atoms with Crippen LogP contribution in [0.25, 0.3) is 11.1 Å². The van der Waals surface area contributed by atoms with Gasteiger partial charge < -0.3 is 15.2 Å². The van der Waals surface area contributed by atoms with Gasteiger partial charge in [-0.15, -0.1) is 0 Å². The Hall–Kier alpha value is -4.28. The summed E-state index contributed by atoms with van der Waals surface area (Å²) in [4.78, 5) is 35.9. The van der Waals surface area contributed by atoms with Crippen LogP contribution in [-0.4, -0.2) is 51.9 Å². The molecule has 1 atom stereocenters. The van der Waals surface area contributed by atoms with Crippen LogP contribution in [0.3, 0.4) is 0 Å². The number of halogens is 2. The second kappa shape index (κ2) is 9.92. The first-order valence-electron chi connectivity index (χ1n) is 10.7. The van der Waals surface area contributed by atoms with Crippen molar-refractivity contribution in [1.82, 2.24) is 15.1 Å². The minimum absolute atomic E-state index is 0.0281. The topological polar surface area (TPSA) is 123 Å². The Bertz CT molecular complexity index is 1230. The van der Waals surface area contributed by atoms with Crippen molar-refractivity contribution >= 4 is 23.8 Å². The van der Waals surface area contributed by atoms with Crippen LogP contribution in [0.15, 0.2) is 54.7 Å². The van der Waals surface area contributed by atoms with Gasteiger partial charge in [-0.3, -0.25) is 19.6 Å². The number of aromatic nitrogens is 2. The van der Waals surface area contributed by atoms with Crippen LogP contribution >= 0.6 is 0 Å². The lowest BCUT2D eigenvalue weighted by Gasteiger charge is -2.16. The van der Waals surface area contributed by atoms with Crippen molar-refractivity contribution in [2.75, 3.05) is 11.9 Å². The van der Waals surface area contributed by atoms with E-state index in [1.165, 1.54) is 17.9 Å². The number of fused-ring (bicyclic) bond motifs is 3. The van der Waals surface area contributed by atoms with Gasteiger partial charge in [0.15, 0.2) is 5.82 Å². The lowest BCUT2D eigenvalue weighted by Crippen LogP contribution is -2.41. The predicted molar refractivity (Wildman–Crippen MR) is 121 cm³/mol. The van der Waals surface area contributed by atoms with Gasteiger partial charge >= 0.3 is 12.1 Å². The molecule has 3 aromatic rings. The van der Waals surface area contributed by atoms with Gasteiger partial charge in [-0.05, 0) is 22.3 Å². The maximum Gasteiger partial charge on any atom is 0.412 e. The molecule has 1 aliphatic rings. The molecule has 1 aromatic heterocycles. The highest BCUT2D eigenvalue weighted by atomic mass is 19.3. The third kappa shape index (κ3) is 5.13. The number of hydrogen-bond acceptors (Lipinski definition) is 5. The number of carboxylic acid groups (broad SMARTS) is 1. The SMILES string of the molecule is Cn1cc(C(=O)NC(CC(=O)O)C(F)F)c(NC(=O)OCC2c3ccccc3-c3ccccc32)n1. The maximum absolute atomic E-state index is 13.1. The number of aliphatic carboxylic acids is 1. The Labute approximate surface area is 198 Å². The van der Waals surface area contributed by atoms with Crippen molar-refractivity contribution < 1.29 is 33.0 Å². The minimum Gasteiger partial charge on any atom is -0.481 e. The Balaban J connectivity index is 1.44. The molecule has 11 heteroatoms. The van der Waals surface area contributed by atoms with E-state index in [-0.39, 0.29) is 23.9 Å². The van der Waals surface area contributed by atoms with Gasteiger partial charge in [0.25, 0.3) is 12.3 Å². The highest BCUT2D eigenvalue weighted by Gasteiger charge is 2.30. The van der Waals surface area contributed by atoms with Crippen LogP contribution in [0, 0.1) is 0 Å². The number of alkyl halides is 2. The van der Waals surface area contributed by atoms with Crippen molar-refractivity contribution in [3.63, 3.8) is 0 Å². The minimum atomic E-state index is -3.09. The van der Waals surface area contributed by atoms with Crippen molar-refractivity contribution in [1.29, 1.82) is 0 Å². The first-order chi connectivity index (χ1) is 16.7. The zero-order chi connectivity index (χ0) is 25.1. The number of hydrogen-bond donors (Lipinski definition) is 3. The molecule has 9 nitrogen and oxygen atoms in total. The summed E-state index contributed by atoms with van der Waals surface area (Å²) in [5.74, 6) is -2.87. The summed E-state index contributed by atoms with van der Waals surface area (Å²) in [5.41, 5.74) is 3.97. The van der Waals surface area contributed by atoms with Crippen LogP contribution in [0.2, 0.25) is 0 Å². The summed E-state index contributed by atoms with van der Waals surface area (Å²) in [7, 11) is 1.47. The molecule has 0 fully saturated rings. The van der Waals surface area contributed by atoms with E-state index in [1.807, 2.05) is 53.8 Å². The smallest absolute Gasteiger partial charge is 0.412 e. The Morgan fingerprint density at radius 1 is 1.09 bits per heavy atom. The number of benzene rings is 2. The summed E-state index contributed by atoms with van der Waals surface area (Å²) in [5, 5.41) is 17.1. The molecule has 0 saturated heterocycles. The van der Waals surface area contributed by atoms with E-state index < -0.39 is 36.9 Å². The summed E-state index contributed by atoms with van der Waals surface area (Å²) < 4.78 is 32.9. The van der Waals surface area contributed by atoms with Crippen LogP contribution in [0.1, 0.15) is 33.8 Å². The third-order valence-corrected chi connectivity index (χ3v) is 5.65. The lowest BCUT2D eigenvalue weighted by molar-refractivity contribution is -0.138.